The highest BCUT2D eigenvalue weighted by Crippen LogP contribution is 2.09. The Morgan fingerprint density at radius 1 is 1.07 bits per heavy atom. The third-order valence-electron chi connectivity index (χ3n) is 1.87. The number of hydrogen-bond donors (Lipinski definition) is 1. The summed E-state index contributed by atoms with van der Waals surface area (Å²) >= 11 is 0. The van der Waals surface area contributed by atoms with Crippen molar-refractivity contribution in [1.29, 1.82) is 0 Å². The van der Waals surface area contributed by atoms with Gasteiger partial charge in [0.2, 0.25) is 0 Å². The molecule has 0 aliphatic rings. The summed E-state index contributed by atoms with van der Waals surface area (Å²) in [5, 5.41) is 16.9. The second-order valence-corrected chi connectivity index (χ2v) is 2.74. The third kappa shape index (κ3) is 1.62. The maximum Gasteiger partial charge on any atom is 0.149 e. The molecule has 0 spiro atoms. The largest absolute Gasteiger partial charge is 0.396 e. The van der Waals surface area contributed by atoms with Crippen molar-refractivity contribution in [3.05, 3.63) is 25.3 Å². The summed E-state index contributed by atoms with van der Waals surface area (Å²) in [5.41, 5.74) is 0. The minimum absolute atomic E-state index is 0.0599. The summed E-state index contributed by atoms with van der Waals surface area (Å²) in [7, 11) is 0. The van der Waals surface area contributed by atoms with Crippen LogP contribution < -0.4 is 0 Å². The van der Waals surface area contributed by atoms with Gasteiger partial charge in [-0.15, -0.1) is 0 Å². The Bertz CT molecular complexity index is 321. The van der Waals surface area contributed by atoms with Crippen molar-refractivity contribution < 1.29 is 5.11 Å². The Kier molecular flexibility index (Phi) is 2.50. The van der Waals surface area contributed by atoms with Crippen molar-refractivity contribution in [3.63, 3.8) is 0 Å². The van der Waals surface area contributed by atoms with Crippen LogP contribution in [-0.4, -0.2) is 41.2 Å². The van der Waals surface area contributed by atoms with Gasteiger partial charge in [-0.05, 0) is 0 Å². The summed E-state index contributed by atoms with van der Waals surface area (Å²) in [6.07, 6.45) is 6.42. The standard InChI is InChI=1S/C7H10N6O/c14-2-1-7(12-5-8-3-10-12)13-6-9-4-11-13/h3-7,14H,1-2H2. The van der Waals surface area contributed by atoms with E-state index in [0.29, 0.717) is 6.42 Å². The van der Waals surface area contributed by atoms with E-state index in [9.17, 15) is 0 Å². The molecule has 0 saturated heterocycles. The smallest absolute Gasteiger partial charge is 0.149 e. The van der Waals surface area contributed by atoms with Gasteiger partial charge in [-0.1, -0.05) is 0 Å². The number of hydrogen-bond acceptors (Lipinski definition) is 5. The molecule has 0 fully saturated rings. The van der Waals surface area contributed by atoms with Gasteiger partial charge >= 0.3 is 0 Å². The van der Waals surface area contributed by atoms with E-state index in [1.807, 2.05) is 0 Å². The summed E-state index contributed by atoms with van der Waals surface area (Å²) in [6.45, 7) is 0.0599. The Morgan fingerprint density at radius 2 is 1.64 bits per heavy atom. The Morgan fingerprint density at radius 3 is 2.00 bits per heavy atom. The molecule has 0 bridgehead atoms. The van der Waals surface area contributed by atoms with Gasteiger partial charge in [0.05, 0.1) is 0 Å². The van der Waals surface area contributed by atoms with Gasteiger partial charge < -0.3 is 5.11 Å². The molecule has 2 heterocycles. The van der Waals surface area contributed by atoms with Crippen LogP contribution in [0.15, 0.2) is 25.3 Å². The predicted octanol–water partition coefficient (Wildman–Crippen LogP) is -0.701. The van der Waals surface area contributed by atoms with Crippen LogP contribution in [-0.2, 0) is 0 Å². The fourth-order valence-electron chi connectivity index (χ4n) is 1.24. The van der Waals surface area contributed by atoms with Gasteiger partial charge in [-0.3, -0.25) is 0 Å². The van der Waals surface area contributed by atoms with Crippen LogP contribution in [0.4, 0.5) is 0 Å². The van der Waals surface area contributed by atoms with Gasteiger partial charge in [0, 0.05) is 13.0 Å². The quantitative estimate of drug-likeness (QED) is 0.695. The molecule has 2 rings (SSSR count). The Hall–Kier alpha value is -1.76. The molecule has 0 unspecified atom stereocenters. The van der Waals surface area contributed by atoms with E-state index >= 15 is 0 Å². The molecule has 0 aromatic carbocycles. The first kappa shape index (κ1) is 8.82. The van der Waals surface area contributed by atoms with Gasteiger partial charge in [0.15, 0.2) is 0 Å². The van der Waals surface area contributed by atoms with Crippen LogP contribution in [0.1, 0.15) is 12.6 Å². The van der Waals surface area contributed by atoms with Crippen molar-refractivity contribution in [2.75, 3.05) is 6.61 Å². The first-order chi connectivity index (χ1) is 6.92. The lowest BCUT2D eigenvalue weighted by atomic mass is 10.3. The first-order valence-electron chi connectivity index (χ1n) is 4.21. The van der Waals surface area contributed by atoms with E-state index in [0.717, 1.165) is 0 Å². The van der Waals surface area contributed by atoms with Crippen LogP contribution in [0.2, 0.25) is 0 Å². The van der Waals surface area contributed by atoms with Gasteiger partial charge in [-0.25, -0.2) is 19.3 Å². The molecule has 2 aromatic rings. The minimum Gasteiger partial charge on any atom is -0.396 e. The van der Waals surface area contributed by atoms with Crippen molar-refractivity contribution >= 4 is 0 Å². The zero-order valence-corrected chi connectivity index (χ0v) is 7.43. The number of nitrogens with zero attached hydrogens (tertiary/aromatic N) is 6. The molecule has 0 aliphatic carbocycles. The van der Waals surface area contributed by atoms with Crippen molar-refractivity contribution in [3.8, 4) is 0 Å². The zero-order chi connectivity index (χ0) is 9.80. The summed E-state index contributed by atoms with van der Waals surface area (Å²) in [5.74, 6) is 0. The normalized spacial score (nSPS) is 11.0. The van der Waals surface area contributed by atoms with Crippen LogP contribution in [0, 0.1) is 0 Å². The summed E-state index contributed by atoms with van der Waals surface area (Å²) in [4.78, 5) is 7.69. The molecular formula is C7H10N6O. The average Bonchev–Trinajstić information content (AvgIpc) is 2.87. The second kappa shape index (κ2) is 3.97. The average molecular weight is 194 g/mol. The minimum atomic E-state index is -0.162. The number of aliphatic hydroxyl groups excluding tert-OH is 1. The second-order valence-electron chi connectivity index (χ2n) is 2.74. The number of rotatable bonds is 4. The monoisotopic (exact) mass is 194 g/mol. The molecule has 7 heteroatoms. The summed E-state index contributed by atoms with van der Waals surface area (Å²) in [6, 6.07) is 0. The van der Waals surface area contributed by atoms with Crippen molar-refractivity contribution in [1.82, 2.24) is 29.5 Å². The predicted molar refractivity (Wildman–Crippen MR) is 46.2 cm³/mol. The molecule has 0 aliphatic heterocycles. The molecule has 0 amide bonds. The third-order valence-corrected chi connectivity index (χ3v) is 1.87. The highest BCUT2D eigenvalue weighted by Gasteiger charge is 2.13. The SMILES string of the molecule is OCCC(n1cncn1)n1cncn1. The van der Waals surface area contributed by atoms with E-state index < -0.39 is 0 Å². The maximum absolute atomic E-state index is 8.91. The highest BCUT2D eigenvalue weighted by molar-refractivity contribution is 4.71. The Balaban J connectivity index is 2.25. The van der Waals surface area contributed by atoms with Crippen molar-refractivity contribution in [2.24, 2.45) is 0 Å². The fraction of sp³-hybridized carbons (Fsp3) is 0.429. The summed E-state index contributed by atoms with van der Waals surface area (Å²) < 4.78 is 3.26. The lowest BCUT2D eigenvalue weighted by Gasteiger charge is -2.15. The molecule has 2 aromatic heterocycles. The van der Waals surface area contributed by atoms with Crippen LogP contribution in [0.3, 0.4) is 0 Å². The molecular weight excluding hydrogens is 184 g/mol. The Labute approximate surface area is 80.0 Å². The topological polar surface area (TPSA) is 81.6 Å². The molecule has 1 N–H and O–H groups in total. The number of aromatic nitrogens is 6. The van der Waals surface area contributed by atoms with Crippen LogP contribution in [0.5, 0.6) is 0 Å². The van der Waals surface area contributed by atoms with E-state index in [2.05, 4.69) is 20.2 Å². The zero-order valence-electron chi connectivity index (χ0n) is 7.43. The number of aliphatic hydroxyl groups is 1. The van der Waals surface area contributed by atoms with E-state index in [1.54, 1.807) is 22.0 Å². The van der Waals surface area contributed by atoms with Gasteiger partial charge in [0.25, 0.3) is 0 Å². The van der Waals surface area contributed by atoms with Gasteiger partial charge in [0.1, 0.15) is 31.5 Å². The van der Waals surface area contributed by atoms with E-state index in [-0.39, 0.29) is 12.8 Å². The molecule has 0 atom stereocenters. The first-order valence-corrected chi connectivity index (χ1v) is 4.21. The molecule has 0 saturated carbocycles. The lowest BCUT2D eigenvalue weighted by molar-refractivity contribution is 0.227. The van der Waals surface area contributed by atoms with Crippen LogP contribution in [0.25, 0.3) is 0 Å². The van der Waals surface area contributed by atoms with Crippen molar-refractivity contribution in [2.45, 2.75) is 12.6 Å². The molecule has 0 radical (unpaired) electrons. The van der Waals surface area contributed by atoms with Gasteiger partial charge in [-0.2, -0.15) is 10.2 Å². The molecule has 14 heavy (non-hydrogen) atoms. The maximum atomic E-state index is 8.91. The molecule has 7 nitrogen and oxygen atoms in total. The highest BCUT2D eigenvalue weighted by atomic mass is 16.3. The molecule has 74 valence electrons. The fourth-order valence-corrected chi connectivity index (χ4v) is 1.24. The lowest BCUT2D eigenvalue weighted by Crippen LogP contribution is -2.20. The van der Waals surface area contributed by atoms with E-state index in [1.165, 1.54) is 12.7 Å². The van der Waals surface area contributed by atoms with Crippen LogP contribution >= 0.6 is 0 Å². The van der Waals surface area contributed by atoms with E-state index in [4.69, 9.17) is 5.11 Å².